The Morgan fingerprint density at radius 3 is 2.37 bits per heavy atom. The average Bonchev–Trinajstić information content (AvgIpc) is 3.61. The number of hydrogen-bond donors (Lipinski definition) is 1. The van der Waals surface area contributed by atoms with Gasteiger partial charge in [-0.2, -0.15) is 0 Å². The van der Waals surface area contributed by atoms with E-state index in [0.29, 0.717) is 39.0 Å². The maximum atomic E-state index is 13.7. The minimum Gasteiger partial charge on any atom is -0.481 e. The molecule has 0 aliphatic carbocycles. The molecule has 0 aliphatic heterocycles. The number of fused-ring (bicyclic) bond motifs is 2. The number of carbonyl (C=O) groups excluding carboxylic acids is 1. The van der Waals surface area contributed by atoms with Crippen LogP contribution in [0.1, 0.15) is 10.4 Å². The maximum absolute atomic E-state index is 13.7. The molecule has 11 heteroatoms. The highest BCUT2D eigenvalue weighted by molar-refractivity contribution is 7.92. The molecular formula is C32H26FN3O6S. The Balaban J connectivity index is 1.65. The second kappa shape index (κ2) is 10.6. The predicted molar refractivity (Wildman–Crippen MR) is 163 cm³/mol. The number of furan rings is 2. The number of aromatic nitrogens is 1. The molecule has 0 atom stereocenters. The topological polar surface area (TPSA) is 115 Å². The van der Waals surface area contributed by atoms with E-state index in [1.807, 2.05) is 30.3 Å². The number of anilines is 1. The normalized spacial score (nSPS) is 11.7. The third kappa shape index (κ3) is 4.97. The number of benzene rings is 3. The van der Waals surface area contributed by atoms with Crippen LogP contribution in [0.2, 0.25) is 0 Å². The van der Waals surface area contributed by atoms with Gasteiger partial charge in [-0.05, 0) is 48.5 Å². The first kappa shape index (κ1) is 28.0. The van der Waals surface area contributed by atoms with Gasteiger partial charge < -0.3 is 18.9 Å². The van der Waals surface area contributed by atoms with Crippen LogP contribution in [0.15, 0.2) is 87.8 Å². The Labute approximate surface area is 246 Å². The first-order chi connectivity index (χ1) is 20.6. The highest BCUT2D eigenvalue weighted by Gasteiger charge is 2.27. The molecule has 0 saturated carbocycles. The van der Waals surface area contributed by atoms with Crippen LogP contribution in [0.25, 0.3) is 55.7 Å². The van der Waals surface area contributed by atoms with Crippen LogP contribution < -0.4 is 14.4 Å². The van der Waals surface area contributed by atoms with E-state index >= 15 is 0 Å². The third-order valence-electron chi connectivity index (χ3n) is 7.25. The van der Waals surface area contributed by atoms with Crippen LogP contribution >= 0.6 is 0 Å². The first-order valence-corrected chi connectivity index (χ1v) is 15.0. The van der Waals surface area contributed by atoms with E-state index < -0.39 is 21.7 Å². The van der Waals surface area contributed by atoms with Gasteiger partial charge in [-0.1, -0.05) is 18.2 Å². The lowest BCUT2D eigenvalue weighted by molar-refractivity contribution is 0.0964. The molecule has 218 valence electrons. The number of halogens is 1. The molecule has 9 nitrogen and oxygen atoms in total. The number of amides is 1. The van der Waals surface area contributed by atoms with E-state index in [-0.39, 0.29) is 28.5 Å². The van der Waals surface area contributed by atoms with Crippen molar-refractivity contribution in [2.24, 2.45) is 0 Å². The maximum Gasteiger partial charge on any atom is 0.255 e. The summed E-state index contributed by atoms with van der Waals surface area (Å²) in [6.07, 6.45) is 2.70. The van der Waals surface area contributed by atoms with Crippen molar-refractivity contribution in [3.63, 3.8) is 0 Å². The van der Waals surface area contributed by atoms with Gasteiger partial charge in [0.15, 0.2) is 0 Å². The Morgan fingerprint density at radius 1 is 0.953 bits per heavy atom. The molecule has 0 bridgehead atoms. The highest BCUT2D eigenvalue weighted by atomic mass is 32.2. The lowest BCUT2D eigenvalue weighted by Crippen LogP contribution is -2.25. The Kier molecular flexibility index (Phi) is 6.89. The number of carbonyl (C=O) groups is 1. The number of sulfonamides is 1. The molecule has 1 amide bonds. The van der Waals surface area contributed by atoms with Gasteiger partial charge in [0, 0.05) is 59.4 Å². The van der Waals surface area contributed by atoms with Crippen molar-refractivity contribution in [2.45, 2.75) is 0 Å². The van der Waals surface area contributed by atoms with Crippen molar-refractivity contribution in [2.75, 3.05) is 31.8 Å². The summed E-state index contributed by atoms with van der Waals surface area (Å²) < 4.78 is 58.3. The van der Waals surface area contributed by atoms with Gasteiger partial charge in [0.1, 0.15) is 28.5 Å². The molecule has 3 aromatic carbocycles. The second-order valence-electron chi connectivity index (χ2n) is 9.92. The van der Waals surface area contributed by atoms with Gasteiger partial charge >= 0.3 is 0 Å². The second-order valence-corrected chi connectivity index (χ2v) is 11.9. The molecular weight excluding hydrogens is 573 g/mol. The molecule has 0 radical (unpaired) electrons. The Bertz CT molecular complexity index is 2100. The third-order valence-corrected chi connectivity index (χ3v) is 8.44. The number of nitrogens with zero attached hydrogens (tertiary/aromatic N) is 2. The molecule has 0 saturated heterocycles. The van der Waals surface area contributed by atoms with Gasteiger partial charge in [-0.15, -0.1) is 0 Å². The quantitative estimate of drug-likeness (QED) is 0.223. The highest BCUT2D eigenvalue weighted by Crippen LogP contribution is 2.44. The van der Waals surface area contributed by atoms with Crippen molar-refractivity contribution >= 4 is 43.6 Å². The molecule has 0 unspecified atom stereocenters. The van der Waals surface area contributed by atoms with Crippen molar-refractivity contribution in [3.05, 3.63) is 90.4 Å². The molecule has 0 fully saturated rings. The fourth-order valence-electron chi connectivity index (χ4n) is 5.01. The fourth-order valence-corrected chi connectivity index (χ4v) is 5.52. The van der Waals surface area contributed by atoms with Crippen LogP contribution in [0, 0.1) is 5.82 Å². The van der Waals surface area contributed by atoms with Gasteiger partial charge in [0.2, 0.25) is 15.9 Å². The van der Waals surface area contributed by atoms with Gasteiger partial charge in [0.05, 0.1) is 24.6 Å². The van der Waals surface area contributed by atoms with Crippen molar-refractivity contribution in [1.82, 2.24) is 10.3 Å². The van der Waals surface area contributed by atoms with E-state index in [0.717, 1.165) is 15.9 Å². The molecule has 6 rings (SSSR count). The van der Waals surface area contributed by atoms with Crippen molar-refractivity contribution in [1.29, 1.82) is 0 Å². The van der Waals surface area contributed by atoms with E-state index in [2.05, 4.69) is 10.3 Å². The molecule has 0 spiro atoms. The number of rotatable bonds is 7. The van der Waals surface area contributed by atoms with Crippen molar-refractivity contribution < 1.29 is 31.2 Å². The monoisotopic (exact) mass is 599 g/mol. The molecule has 6 aromatic rings. The Hall–Kier alpha value is -5.16. The summed E-state index contributed by atoms with van der Waals surface area (Å²) in [6, 6.07) is 20.1. The van der Waals surface area contributed by atoms with Crippen molar-refractivity contribution in [3.8, 4) is 39.7 Å². The standard InChI is InChI=1S/C32H26FN3O6S/c1-34-31(37)29-24-15-22(23-13-20(17-35-32(23)40-3)27-14-19-7-5-6-8-26(19)41-27)25(36(2)43(4,38)39)16-28(24)42-30(29)18-9-11-21(33)12-10-18/h5-17H,1-4H3,(H,34,37). The number of para-hydroxylation sites is 1. The van der Waals surface area contributed by atoms with Crippen LogP contribution in [0.4, 0.5) is 10.1 Å². The SMILES string of the molecule is CNC(=O)c1c(-c2ccc(F)cc2)oc2cc(N(C)S(C)(=O)=O)c(-c3cc(-c4cc5ccccc5o4)cnc3OC)cc12. The summed E-state index contributed by atoms with van der Waals surface area (Å²) in [5.41, 5.74) is 3.41. The van der Waals surface area contributed by atoms with E-state index in [9.17, 15) is 17.6 Å². The zero-order valence-electron chi connectivity index (χ0n) is 23.6. The van der Waals surface area contributed by atoms with Gasteiger partial charge in [0.25, 0.3) is 5.91 Å². The smallest absolute Gasteiger partial charge is 0.255 e. The van der Waals surface area contributed by atoms with E-state index in [4.69, 9.17) is 13.6 Å². The number of ether oxygens (including phenoxy) is 1. The molecule has 3 heterocycles. The lowest BCUT2D eigenvalue weighted by Gasteiger charge is -2.21. The minimum atomic E-state index is -3.74. The fraction of sp³-hybridized carbons (Fsp3) is 0.125. The predicted octanol–water partition coefficient (Wildman–Crippen LogP) is 6.48. The zero-order chi connectivity index (χ0) is 30.5. The summed E-state index contributed by atoms with van der Waals surface area (Å²) >= 11 is 0. The van der Waals surface area contributed by atoms with Crippen LogP contribution in [0.5, 0.6) is 5.88 Å². The molecule has 1 N–H and O–H groups in total. The van der Waals surface area contributed by atoms with Crippen LogP contribution in [-0.4, -0.2) is 46.8 Å². The van der Waals surface area contributed by atoms with Gasteiger partial charge in [-0.25, -0.2) is 17.8 Å². The Morgan fingerprint density at radius 2 is 1.70 bits per heavy atom. The van der Waals surface area contributed by atoms with Crippen LogP contribution in [-0.2, 0) is 10.0 Å². The summed E-state index contributed by atoms with van der Waals surface area (Å²) in [5.74, 6) is 0.121. The van der Waals surface area contributed by atoms with Gasteiger partial charge in [-0.3, -0.25) is 9.10 Å². The van der Waals surface area contributed by atoms with E-state index in [1.165, 1.54) is 45.5 Å². The summed E-state index contributed by atoms with van der Waals surface area (Å²) in [4.78, 5) is 17.7. The zero-order valence-corrected chi connectivity index (χ0v) is 24.5. The summed E-state index contributed by atoms with van der Waals surface area (Å²) in [6.45, 7) is 0. The van der Waals surface area contributed by atoms with Crippen LogP contribution in [0.3, 0.4) is 0 Å². The average molecular weight is 600 g/mol. The first-order valence-electron chi connectivity index (χ1n) is 13.1. The largest absolute Gasteiger partial charge is 0.481 e. The lowest BCUT2D eigenvalue weighted by atomic mass is 9.98. The minimum absolute atomic E-state index is 0.208. The molecule has 3 aromatic heterocycles. The summed E-state index contributed by atoms with van der Waals surface area (Å²) in [5, 5.41) is 3.96. The van der Waals surface area contributed by atoms with E-state index in [1.54, 1.807) is 24.4 Å². The number of methoxy groups -OCH3 is 1. The summed E-state index contributed by atoms with van der Waals surface area (Å²) in [7, 11) is 0.635. The number of pyridine rings is 1. The molecule has 43 heavy (non-hydrogen) atoms. The number of nitrogens with one attached hydrogen (secondary N) is 1. The number of hydrogen-bond acceptors (Lipinski definition) is 7. The molecule has 0 aliphatic rings.